The Balaban J connectivity index is 1.27. The van der Waals surface area contributed by atoms with Crippen molar-refractivity contribution >= 4 is 54.7 Å². The van der Waals surface area contributed by atoms with E-state index in [1.807, 2.05) is 45.3 Å². The van der Waals surface area contributed by atoms with E-state index in [0.29, 0.717) is 26.4 Å². The number of aryl methyl sites for hydroxylation is 2. The van der Waals surface area contributed by atoms with Crippen molar-refractivity contribution in [1.29, 1.82) is 0 Å². The molecule has 0 saturated heterocycles. The largest absolute Gasteiger partial charge is 0.485 e. The van der Waals surface area contributed by atoms with Crippen LogP contribution in [-0.4, -0.2) is 26.4 Å². The van der Waals surface area contributed by atoms with Gasteiger partial charge in [0.25, 0.3) is 0 Å². The molecule has 0 bridgehead atoms. The molecule has 0 aromatic carbocycles. The molecule has 4 aromatic heterocycles. The minimum absolute atomic E-state index is 0.627. The Morgan fingerprint density at radius 3 is 1.37 bits per heavy atom. The lowest BCUT2D eigenvalue weighted by molar-refractivity contribution is 0.172. The predicted molar refractivity (Wildman–Crippen MR) is 164 cm³/mol. The van der Waals surface area contributed by atoms with E-state index in [1.54, 1.807) is 0 Å². The molecule has 4 aromatic rings. The molecule has 6 rings (SSSR count). The van der Waals surface area contributed by atoms with E-state index >= 15 is 0 Å². The molecule has 0 aliphatic carbocycles. The van der Waals surface area contributed by atoms with Crippen molar-refractivity contribution in [3.8, 4) is 42.5 Å². The van der Waals surface area contributed by atoms with Crippen molar-refractivity contribution in [1.82, 2.24) is 0 Å². The summed E-state index contributed by atoms with van der Waals surface area (Å²) in [7, 11) is 0. The molecule has 2 aliphatic heterocycles. The highest BCUT2D eigenvalue weighted by atomic mass is 32.1. The average Bonchev–Trinajstić information content (AvgIpc) is 3.69. The molecular weight excluding hydrogens is 553 g/mol. The second-order valence-corrected chi connectivity index (χ2v) is 14.4. The highest BCUT2D eigenvalue weighted by Crippen LogP contribution is 2.55. The Labute approximate surface area is 241 Å². The number of hydrogen-bond acceptors (Lipinski definition) is 8. The Hall–Kier alpha value is -1.74. The van der Waals surface area contributed by atoms with Crippen LogP contribution in [0.4, 0.5) is 0 Å². The number of rotatable bonds is 12. The van der Waals surface area contributed by atoms with Crippen LogP contribution >= 0.6 is 45.3 Å². The van der Waals surface area contributed by atoms with Gasteiger partial charge in [-0.2, -0.15) is 0 Å². The Bertz CT molecular complexity index is 1240. The molecule has 0 atom stereocenters. The van der Waals surface area contributed by atoms with Crippen LogP contribution in [0.3, 0.4) is 0 Å². The van der Waals surface area contributed by atoms with Gasteiger partial charge in [-0.25, -0.2) is 0 Å². The van der Waals surface area contributed by atoms with Gasteiger partial charge >= 0.3 is 0 Å². The van der Waals surface area contributed by atoms with Crippen LogP contribution < -0.4 is 18.9 Å². The van der Waals surface area contributed by atoms with Crippen LogP contribution in [0.1, 0.15) is 75.0 Å². The van der Waals surface area contributed by atoms with Crippen LogP contribution in [-0.2, 0) is 12.8 Å². The van der Waals surface area contributed by atoms with Crippen molar-refractivity contribution in [3.63, 3.8) is 0 Å². The lowest BCUT2D eigenvalue weighted by atomic mass is 10.1. The highest BCUT2D eigenvalue weighted by Gasteiger charge is 2.28. The minimum atomic E-state index is 0.627. The number of hydrogen-bond donors (Lipinski definition) is 0. The summed E-state index contributed by atoms with van der Waals surface area (Å²) in [6.45, 7) is 7.07. The molecule has 8 heteroatoms. The maximum Gasteiger partial charge on any atom is 0.181 e. The molecular formula is C30H36O4S4. The van der Waals surface area contributed by atoms with Gasteiger partial charge in [-0.1, -0.05) is 52.4 Å². The second kappa shape index (κ2) is 12.2. The van der Waals surface area contributed by atoms with Crippen LogP contribution in [0.5, 0.6) is 23.0 Å². The summed E-state index contributed by atoms with van der Waals surface area (Å²) in [5.74, 6) is 3.93. The summed E-state index contributed by atoms with van der Waals surface area (Å²) >= 11 is 7.47. The Kier molecular flexibility index (Phi) is 8.50. The van der Waals surface area contributed by atoms with Crippen molar-refractivity contribution in [2.75, 3.05) is 26.4 Å². The van der Waals surface area contributed by atoms with Gasteiger partial charge < -0.3 is 18.9 Å². The molecule has 4 nitrogen and oxygen atoms in total. The molecule has 0 N–H and O–H groups in total. The van der Waals surface area contributed by atoms with Gasteiger partial charge in [0, 0.05) is 9.40 Å². The molecule has 38 heavy (non-hydrogen) atoms. The normalized spacial score (nSPS) is 14.5. The van der Waals surface area contributed by atoms with Gasteiger partial charge in [0.2, 0.25) is 0 Å². The lowest BCUT2D eigenvalue weighted by Crippen LogP contribution is -2.15. The van der Waals surface area contributed by atoms with Crippen LogP contribution in [0.25, 0.3) is 28.9 Å². The fraction of sp³-hybridized carbons (Fsp3) is 0.533. The first-order valence-corrected chi connectivity index (χ1v) is 17.4. The first-order valence-electron chi connectivity index (χ1n) is 14.1. The van der Waals surface area contributed by atoms with Crippen molar-refractivity contribution < 1.29 is 18.9 Å². The molecule has 0 amide bonds. The van der Waals surface area contributed by atoms with Crippen molar-refractivity contribution in [2.45, 2.75) is 78.1 Å². The van der Waals surface area contributed by atoms with Crippen molar-refractivity contribution in [2.24, 2.45) is 0 Å². The smallest absolute Gasteiger partial charge is 0.181 e. The third kappa shape index (κ3) is 5.34. The van der Waals surface area contributed by atoms with Gasteiger partial charge in [0.15, 0.2) is 23.0 Å². The van der Waals surface area contributed by atoms with Gasteiger partial charge in [0.05, 0.1) is 29.3 Å². The highest BCUT2D eigenvalue weighted by molar-refractivity contribution is 7.33. The number of unbranched alkanes of at least 4 members (excludes halogenated alkanes) is 6. The van der Waals surface area contributed by atoms with E-state index < -0.39 is 0 Å². The standard InChI is InChI=1S/C30H36O4S4/c1-3-5-7-9-11-19-25-27(33-15-13-31-25)29(37-19)23-17-21-22(35-23)18-24(36-21)30-28-26(32-14-16-34-28)20(38-30)12-10-8-6-4-2/h17-18H,3-16H2,1-2H3. The quantitative estimate of drug-likeness (QED) is 0.154. The first kappa shape index (κ1) is 26.5. The van der Waals surface area contributed by atoms with Gasteiger partial charge in [-0.15, -0.1) is 45.3 Å². The van der Waals surface area contributed by atoms with Gasteiger partial charge in [0.1, 0.15) is 26.4 Å². The second-order valence-electron chi connectivity index (χ2n) is 9.99. The van der Waals surface area contributed by atoms with E-state index in [2.05, 4.69) is 26.0 Å². The first-order chi connectivity index (χ1) is 18.8. The fourth-order valence-corrected chi connectivity index (χ4v) is 10.2. The van der Waals surface area contributed by atoms with E-state index in [9.17, 15) is 0 Å². The van der Waals surface area contributed by atoms with E-state index in [1.165, 1.54) is 90.0 Å². The van der Waals surface area contributed by atoms with Crippen LogP contribution in [0, 0.1) is 0 Å². The zero-order valence-electron chi connectivity index (χ0n) is 22.3. The fourth-order valence-electron chi connectivity index (χ4n) is 5.16. The molecule has 2 aliphatic rings. The summed E-state index contributed by atoms with van der Waals surface area (Å²) in [5, 5.41) is 0. The number of ether oxygens (including phenoxy) is 4. The summed E-state index contributed by atoms with van der Waals surface area (Å²) in [4.78, 5) is 7.73. The molecule has 0 fully saturated rings. The molecule has 6 heterocycles. The molecule has 204 valence electrons. The molecule has 0 spiro atoms. The maximum atomic E-state index is 6.16. The van der Waals surface area contributed by atoms with E-state index in [4.69, 9.17) is 18.9 Å². The molecule has 0 unspecified atom stereocenters. The van der Waals surface area contributed by atoms with E-state index in [0.717, 1.165) is 35.8 Å². The average molecular weight is 589 g/mol. The topological polar surface area (TPSA) is 36.9 Å². The zero-order valence-corrected chi connectivity index (χ0v) is 25.6. The monoisotopic (exact) mass is 588 g/mol. The minimum Gasteiger partial charge on any atom is -0.485 e. The van der Waals surface area contributed by atoms with Crippen LogP contribution in [0.15, 0.2) is 12.1 Å². The lowest BCUT2D eigenvalue weighted by Gasteiger charge is -2.17. The maximum absolute atomic E-state index is 6.16. The Morgan fingerprint density at radius 1 is 0.526 bits per heavy atom. The number of fused-ring (bicyclic) bond motifs is 3. The summed E-state index contributed by atoms with van der Waals surface area (Å²) < 4.78 is 27.2. The third-order valence-corrected chi connectivity index (χ3v) is 12.2. The molecule has 0 radical (unpaired) electrons. The van der Waals surface area contributed by atoms with Crippen molar-refractivity contribution in [3.05, 3.63) is 21.9 Å². The SMILES string of the molecule is CCCCCCc1sc(-c2cc3sc(-c4sc(CCCCCC)c5c4OCCO5)cc3s2)c2c1OCCO2. The zero-order chi connectivity index (χ0) is 25.9. The van der Waals surface area contributed by atoms with Gasteiger partial charge in [-0.3, -0.25) is 0 Å². The summed E-state index contributed by atoms with van der Waals surface area (Å²) in [6, 6.07) is 4.70. The third-order valence-electron chi connectivity index (χ3n) is 7.10. The number of thiophene rings is 4. The predicted octanol–water partition coefficient (Wildman–Crippen LogP) is 10.2. The summed E-state index contributed by atoms with van der Waals surface area (Å²) in [5.41, 5.74) is 0. The van der Waals surface area contributed by atoms with Gasteiger partial charge in [-0.05, 0) is 37.8 Å². The molecule has 0 saturated carbocycles. The van der Waals surface area contributed by atoms with E-state index in [-0.39, 0.29) is 0 Å². The Morgan fingerprint density at radius 2 is 0.947 bits per heavy atom. The summed E-state index contributed by atoms with van der Waals surface area (Å²) in [6.07, 6.45) is 12.2. The van der Waals surface area contributed by atoms with Crippen LogP contribution in [0.2, 0.25) is 0 Å².